The quantitative estimate of drug-likeness (QED) is 0.852. The van der Waals surface area contributed by atoms with Crippen LogP contribution < -0.4 is 10.0 Å². The zero-order valence-electron chi connectivity index (χ0n) is 9.90. The Morgan fingerprint density at radius 2 is 2.35 bits per heavy atom. The first kappa shape index (κ1) is 13.0. The highest BCUT2D eigenvalue weighted by atomic mass is 32.2. The Bertz CT molecular complexity index is 462. The summed E-state index contributed by atoms with van der Waals surface area (Å²) in [7, 11) is -3.28. The first-order chi connectivity index (χ1) is 8.08. The normalized spacial score (nSPS) is 20.9. The van der Waals surface area contributed by atoms with Gasteiger partial charge in [-0.2, -0.15) is 0 Å². The lowest BCUT2D eigenvalue weighted by Crippen LogP contribution is -2.26. The predicted molar refractivity (Wildman–Crippen MR) is 69.8 cm³/mol. The van der Waals surface area contributed by atoms with E-state index in [0.29, 0.717) is 16.7 Å². The Hall–Kier alpha value is -0.430. The molecule has 1 saturated heterocycles. The molecule has 0 radical (unpaired) electrons. The van der Waals surface area contributed by atoms with Crippen molar-refractivity contribution in [3.63, 3.8) is 0 Å². The van der Waals surface area contributed by atoms with Crippen LogP contribution in [0.2, 0.25) is 0 Å². The van der Waals surface area contributed by atoms with E-state index in [1.54, 1.807) is 6.07 Å². The first-order valence-corrected chi connectivity index (χ1v) is 8.15. The Kier molecular flexibility index (Phi) is 4.19. The molecule has 6 heteroatoms. The smallest absolute Gasteiger partial charge is 0.250 e. The molecule has 1 atom stereocenters. The fraction of sp³-hybridized carbons (Fsp3) is 0.636. The van der Waals surface area contributed by atoms with Crippen molar-refractivity contribution in [2.24, 2.45) is 5.92 Å². The number of sulfonamides is 1. The van der Waals surface area contributed by atoms with Gasteiger partial charge in [-0.15, -0.1) is 11.3 Å². The molecule has 1 unspecified atom stereocenters. The zero-order chi connectivity index (χ0) is 12.3. The third-order valence-corrected chi connectivity index (χ3v) is 5.94. The molecule has 1 aliphatic rings. The summed E-state index contributed by atoms with van der Waals surface area (Å²) in [5.74, 6) is 0.614. The molecule has 0 spiro atoms. The van der Waals surface area contributed by atoms with Crippen molar-refractivity contribution < 1.29 is 8.42 Å². The summed E-state index contributed by atoms with van der Waals surface area (Å²) < 4.78 is 26.9. The summed E-state index contributed by atoms with van der Waals surface area (Å²) in [6.07, 6.45) is 2.07. The van der Waals surface area contributed by atoms with Gasteiger partial charge >= 0.3 is 0 Å². The molecule has 0 aliphatic carbocycles. The number of rotatable bonds is 5. The van der Waals surface area contributed by atoms with E-state index in [0.717, 1.165) is 30.8 Å². The molecule has 0 bridgehead atoms. The molecular weight excluding hydrogens is 256 g/mol. The molecule has 0 saturated carbocycles. The monoisotopic (exact) mass is 274 g/mol. The molecular formula is C11H18N2O2S2. The summed E-state index contributed by atoms with van der Waals surface area (Å²) >= 11 is 1.31. The van der Waals surface area contributed by atoms with Crippen LogP contribution in [0.15, 0.2) is 16.3 Å². The Balaban J connectivity index is 1.85. The van der Waals surface area contributed by atoms with E-state index < -0.39 is 10.0 Å². The van der Waals surface area contributed by atoms with Gasteiger partial charge in [0.05, 0.1) is 0 Å². The maximum atomic E-state index is 11.9. The Morgan fingerprint density at radius 3 is 2.94 bits per heavy atom. The van der Waals surface area contributed by atoms with Gasteiger partial charge in [0.15, 0.2) is 0 Å². The molecule has 4 nitrogen and oxygen atoms in total. The van der Waals surface area contributed by atoms with Crippen molar-refractivity contribution >= 4 is 21.4 Å². The minimum atomic E-state index is -3.28. The average molecular weight is 274 g/mol. The number of aryl methyl sites for hydroxylation is 1. The van der Waals surface area contributed by atoms with Gasteiger partial charge in [-0.3, -0.25) is 0 Å². The van der Waals surface area contributed by atoms with Crippen molar-refractivity contribution in [3.8, 4) is 0 Å². The lowest BCUT2D eigenvalue weighted by Gasteiger charge is -2.08. The van der Waals surface area contributed by atoms with E-state index in [-0.39, 0.29) is 0 Å². The third kappa shape index (κ3) is 3.51. The minimum absolute atomic E-state index is 0.416. The molecule has 17 heavy (non-hydrogen) atoms. The molecule has 1 aromatic rings. The fourth-order valence-corrected chi connectivity index (χ4v) is 4.36. The Morgan fingerprint density at radius 1 is 1.53 bits per heavy atom. The SMILES string of the molecule is Cc1ccc(S(=O)(=O)NCCC2CCNC2)s1. The number of hydrogen-bond donors (Lipinski definition) is 2. The van der Waals surface area contributed by atoms with Gasteiger partial charge in [0.25, 0.3) is 0 Å². The predicted octanol–water partition coefficient (Wildman–Crippen LogP) is 1.33. The summed E-state index contributed by atoms with van der Waals surface area (Å²) in [6, 6.07) is 3.50. The van der Waals surface area contributed by atoms with Gasteiger partial charge in [-0.1, -0.05) is 0 Å². The summed E-state index contributed by atoms with van der Waals surface area (Å²) in [5.41, 5.74) is 0. The van der Waals surface area contributed by atoms with Gasteiger partial charge in [0.1, 0.15) is 4.21 Å². The molecule has 0 amide bonds. The van der Waals surface area contributed by atoms with Crippen LogP contribution >= 0.6 is 11.3 Å². The van der Waals surface area contributed by atoms with E-state index in [2.05, 4.69) is 10.0 Å². The van der Waals surface area contributed by atoms with Gasteiger partial charge in [-0.25, -0.2) is 13.1 Å². The van der Waals surface area contributed by atoms with E-state index in [1.165, 1.54) is 11.3 Å². The third-order valence-electron chi connectivity index (χ3n) is 2.99. The van der Waals surface area contributed by atoms with Gasteiger partial charge in [0, 0.05) is 11.4 Å². The van der Waals surface area contributed by atoms with Crippen LogP contribution in [0, 0.1) is 12.8 Å². The number of thiophene rings is 1. The number of nitrogens with one attached hydrogen (secondary N) is 2. The lowest BCUT2D eigenvalue weighted by molar-refractivity contribution is 0.520. The largest absolute Gasteiger partial charge is 0.316 e. The van der Waals surface area contributed by atoms with E-state index in [1.807, 2.05) is 13.0 Å². The minimum Gasteiger partial charge on any atom is -0.316 e. The topological polar surface area (TPSA) is 58.2 Å². The van der Waals surface area contributed by atoms with Crippen LogP contribution in [-0.4, -0.2) is 28.1 Å². The molecule has 1 aromatic heterocycles. The second-order valence-corrected chi connectivity index (χ2v) is 7.69. The molecule has 1 aliphatic heterocycles. The summed E-state index contributed by atoms with van der Waals surface area (Å²) in [6.45, 7) is 4.51. The molecule has 0 aromatic carbocycles. The van der Waals surface area contributed by atoms with Gasteiger partial charge in [-0.05, 0) is 50.9 Å². The van der Waals surface area contributed by atoms with Crippen molar-refractivity contribution in [3.05, 3.63) is 17.0 Å². The highest BCUT2D eigenvalue weighted by Gasteiger charge is 2.18. The maximum Gasteiger partial charge on any atom is 0.250 e. The standard InChI is InChI=1S/C11H18N2O2S2/c1-9-2-3-11(16-9)17(14,15)13-7-5-10-4-6-12-8-10/h2-3,10,12-13H,4-8H2,1H3. The highest BCUT2D eigenvalue weighted by Crippen LogP contribution is 2.20. The summed E-state index contributed by atoms with van der Waals surface area (Å²) in [5, 5.41) is 3.28. The van der Waals surface area contributed by atoms with Gasteiger partial charge in [0.2, 0.25) is 10.0 Å². The van der Waals surface area contributed by atoms with E-state index in [4.69, 9.17) is 0 Å². The average Bonchev–Trinajstić information content (AvgIpc) is 2.89. The van der Waals surface area contributed by atoms with Crippen LogP contribution in [-0.2, 0) is 10.0 Å². The van der Waals surface area contributed by atoms with E-state index >= 15 is 0 Å². The maximum absolute atomic E-state index is 11.9. The van der Waals surface area contributed by atoms with Crippen LogP contribution in [0.5, 0.6) is 0 Å². The van der Waals surface area contributed by atoms with Crippen molar-refractivity contribution in [1.29, 1.82) is 0 Å². The second-order valence-electron chi connectivity index (χ2n) is 4.41. The highest BCUT2D eigenvalue weighted by molar-refractivity contribution is 7.91. The van der Waals surface area contributed by atoms with E-state index in [9.17, 15) is 8.42 Å². The number of hydrogen-bond acceptors (Lipinski definition) is 4. The molecule has 2 N–H and O–H groups in total. The second kappa shape index (κ2) is 5.48. The first-order valence-electron chi connectivity index (χ1n) is 5.85. The molecule has 96 valence electrons. The van der Waals surface area contributed by atoms with Crippen molar-refractivity contribution in [2.45, 2.75) is 24.0 Å². The lowest BCUT2D eigenvalue weighted by atomic mass is 10.1. The molecule has 2 heterocycles. The Labute approximate surface area is 106 Å². The van der Waals surface area contributed by atoms with Crippen molar-refractivity contribution in [1.82, 2.24) is 10.0 Å². The van der Waals surface area contributed by atoms with Crippen LogP contribution in [0.3, 0.4) is 0 Å². The fourth-order valence-electron chi connectivity index (χ4n) is 1.99. The molecule has 2 rings (SSSR count). The summed E-state index contributed by atoms with van der Waals surface area (Å²) in [4.78, 5) is 1.02. The molecule has 1 fully saturated rings. The zero-order valence-corrected chi connectivity index (χ0v) is 11.5. The van der Waals surface area contributed by atoms with Crippen LogP contribution in [0.4, 0.5) is 0 Å². The van der Waals surface area contributed by atoms with Crippen LogP contribution in [0.1, 0.15) is 17.7 Å². The van der Waals surface area contributed by atoms with Crippen LogP contribution in [0.25, 0.3) is 0 Å². The van der Waals surface area contributed by atoms with Crippen molar-refractivity contribution in [2.75, 3.05) is 19.6 Å². The van der Waals surface area contributed by atoms with Gasteiger partial charge < -0.3 is 5.32 Å².